The molecule has 0 aliphatic carbocycles. The van der Waals surface area contributed by atoms with Crippen molar-refractivity contribution < 1.29 is 42.1 Å². The van der Waals surface area contributed by atoms with Crippen LogP contribution in [0.25, 0.3) is 0 Å². The van der Waals surface area contributed by atoms with E-state index in [-0.39, 0.29) is 50.1 Å². The third-order valence-corrected chi connectivity index (χ3v) is 0. The standard InChI is InChI=1S/3C2H4O2.Ca.ClH/c3*1-2(3)4;;/h3*1H3,(H,3,4);;1H/q;;;+2;/p-2. The van der Waals surface area contributed by atoms with Crippen molar-refractivity contribution in [2.75, 3.05) is 0 Å². The molecule has 0 saturated carbocycles. The monoisotopic (exact) mass is 254 g/mol. The van der Waals surface area contributed by atoms with E-state index in [0.29, 0.717) is 0 Å². The van der Waals surface area contributed by atoms with E-state index in [1.807, 2.05) is 0 Å². The average molecular weight is 255 g/mol. The van der Waals surface area contributed by atoms with Gasteiger partial charge in [0.25, 0.3) is 11.9 Å². The summed E-state index contributed by atoms with van der Waals surface area (Å²) in [6.07, 6.45) is 0. The molecule has 2 N–H and O–H groups in total. The van der Waals surface area contributed by atoms with Gasteiger partial charge in [-0.2, -0.15) is 0 Å². The Morgan fingerprint density at radius 1 is 0.929 bits per heavy atom. The van der Waals surface area contributed by atoms with E-state index in [4.69, 9.17) is 29.7 Å². The van der Waals surface area contributed by atoms with Gasteiger partial charge in [-0.25, -0.2) is 0 Å². The number of hydrogen-bond donors (Lipinski definition) is 2. The molecule has 0 aromatic carbocycles. The fourth-order valence-electron chi connectivity index (χ4n) is 0. The van der Waals surface area contributed by atoms with Gasteiger partial charge < -0.3 is 32.5 Å². The number of carbonyl (C=O) groups is 3. The molecule has 0 aliphatic heterocycles. The van der Waals surface area contributed by atoms with E-state index in [1.165, 1.54) is 0 Å². The molecule has 0 aliphatic rings. The maximum atomic E-state index is 9.00. The number of carboxylic acid groups (broad SMARTS) is 3. The predicted octanol–water partition coefficient (Wildman–Crippen LogP) is -4.44. The Bertz CT molecular complexity index is 120. The van der Waals surface area contributed by atoms with Crippen LogP contribution < -0.4 is 17.5 Å². The molecule has 0 saturated heterocycles. The Morgan fingerprint density at radius 3 is 0.929 bits per heavy atom. The molecule has 0 bridgehead atoms. The summed E-state index contributed by atoms with van der Waals surface area (Å²) in [5.41, 5.74) is 0. The molecule has 0 amide bonds. The number of carbonyl (C=O) groups excluding carboxylic acids is 1. The molecular formula is C6H11CaClO6. The van der Waals surface area contributed by atoms with Crippen molar-refractivity contribution in [3.63, 3.8) is 0 Å². The Balaban J connectivity index is -0.0000000270. The third-order valence-electron chi connectivity index (χ3n) is 0. The van der Waals surface area contributed by atoms with Gasteiger partial charge >= 0.3 is 37.7 Å². The summed E-state index contributed by atoms with van der Waals surface area (Å²) < 4.78 is 0. The van der Waals surface area contributed by atoms with Gasteiger partial charge in [0.15, 0.2) is 0 Å². The molecule has 8 heteroatoms. The summed E-state index contributed by atoms with van der Waals surface area (Å²) in [5, 5.41) is 23.7. The Morgan fingerprint density at radius 2 is 0.929 bits per heavy atom. The number of rotatable bonds is 0. The quantitative estimate of drug-likeness (QED) is 0.422. The minimum absolute atomic E-state index is 0. The van der Waals surface area contributed by atoms with Crippen LogP contribution in [0.3, 0.4) is 0 Å². The van der Waals surface area contributed by atoms with Gasteiger partial charge in [0.2, 0.25) is 0 Å². The summed E-state index contributed by atoms with van der Waals surface area (Å²) in [5.74, 6) is -2.75. The van der Waals surface area contributed by atoms with Gasteiger partial charge in [-0.05, 0) is 6.92 Å². The minimum atomic E-state index is -1.08. The Labute approximate surface area is 118 Å². The fraction of sp³-hybridized carbons (Fsp3) is 0.500. The van der Waals surface area contributed by atoms with Gasteiger partial charge in [-0.15, -0.1) is 0 Å². The van der Waals surface area contributed by atoms with E-state index in [1.54, 1.807) is 0 Å². The third kappa shape index (κ3) is 886000. The zero-order valence-corrected chi connectivity index (χ0v) is 11.1. The van der Waals surface area contributed by atoms with Gasteiger partial charge in [0.05, 0.1) is 0 Å². The molecule has 0 spiro atoms. The SMILES string of the molecule is CC(=O)O.CC(=O)O.CC(=O)[O-].[Ca+2].[Cl-]. The number of aliphatic carboxylic acids is 3. The first-order chi connectivity index (χ1) is 5.20. The largest absolute Gasteiger partial charge is 2.00 e. The van der Waals surface area contributed by atoms with Crippen LogP contribution in [0.4, 0.5) is 0 Å². The van der Waals surface area contributed by atoms with Crippen molar-refractivity contribution in [2.24, 2.45) is 0 Å². The van der Waals surface area contributed by atoms with Crippen LogP contribution in [0.2, 0.25) is 0 Å². The minimum Gasteiger partial charge on any atom is -1.00 e. The summed E-state index contributed by atoms with van der Waals surface area (Å²) in [6.45, 7) is 3.14. The van der Waals surface area contributed by atoms with E-state index in [0.717, 1.165) is 20.8 Å². The first kappa shape index (κ1) is 29.2. The van der Waals surface area contributed by atoms with Crippen LogP contribution in [-0.4, -0.2) is 65.9 Å². The fourth-order valence-corrected chi connectivity index (χ4v) is 0. The summed E-state index contributed by atoms with van der Waals surface area (Å²) in [4.78, 5) is 26.9. The number of carboxylic acids is 3. The molecular weight excluding hydrogens is 244 g/mol. The molecule has 0 rings (SSSR count). The van der Waals surface area contributed by atoms with Crippen LogP contribution in [0.1, 0.15) is 20.8 Å². The molecule has 80 valence electrons. The van der Waals surface area contributed by atoms with E-state index in [9.17, 15) is 0 Å². The molecule has 6 nitrogen and oxygen atoms in total. The van der Waals surface area contributed by atoms with Crippen LogP contribution in [-0.2, 0) is 14.4 Å². The molecule has 0 aromatic rings. The Kier molecular flexibility index (Phi) is 48.2. The van der Waals surface area contributed by atoms with Crippen molar-refractivity contribution in [3.05, 3.63) is 0 Å². The van der Waals surface area contributed by atoms with E-state index < -0.39 is 17.9 Å². The summed E-state index contributed by atoms with van der Waals surface area (Å²) in [7, 11) is 0. The van der Waals surface area contributed by atoms with E-state index in [2.05, 4.69) is 0 Å². The van der Waals surface area contributed by atoms with Crippen LogP contribution in [0.5, 0.6) is 0 Å². The van der Waals surface area contributed by atoms with Crippen LogP contribution in [0, 0.1) is 0 Å². The van der Waals surface area contributed by atoms with Crippen molar-refractivity contribution in [3.8, 4) is 0 Å². The molecule has 0 unspecified atom stereocenters. The maximum absolute atomic E-state index is 9.00. The van der Waals surface area contributed by atoms with Crippen molar-refractivity contribution >= 4 is 55.6 Å². The normalized spacial score (nSPS) is 5.36. The number of halogens is 1. The van der Waals surface area contributed by atoms with Crippen molar-refractivity contribution in [2.45, 2.75) is 20.8 Å². The van der Waals surface area contributed by atoms with Crippen molar-refractivity contribution in [1.29, 1.82) is 0 Å². The topological polar surface area (TPSA) is 115 Å². The Hall–Kier alpha value is -0.0403. The van der Waals surface area contributed by atoms with Gasteiger partial charge in [0.1, 0.15) is 0 Å². The molecule has 0 radical (unpaired) electrons. The van der Waals surface area contributed by atoms with Crippen LogP contribution >= 0.6 is 0 Å². The number of hydrogen-bond acceptors (Lipinski definition) is 4. The predicted molar refractivity (Wildman–Crippen MR) is 43.1 cm³/mol. The second-order valence-corrected chi connectivity index (χ2v) is 1.53. The molecule has 14 heavy (non-hydrogen) atoms. The molecule has 0 fully saturated rings. The molecule has 0 aromatic heterocycles. The first-order valence-electron chi connectivity index (χ1n) is 2.76. The van der Waals surface area contributed by atoms with Crippen LogP contribution in [0.15, 0.2) is 0 Å². The van der Waals surface area contributed by atoms with Gasteiger partial charge in [0, 0.05) is 19.8 Å². The zero-order valence-electron chi connectivity index (χ0n) is 8.11. The van der Waals surface area contributed by atoms with E-state index >= 15 is 0 Å². The summed E-state index contributed by atoms with van der Waals surface area (Å²) in [6, 6.07) is 0. The van der Waals surface area contributed by atoms with Gasteiger partial charge in [-0.1, -0.05) is 0 Å². The average Bonchev–Trinajstić information content (AvgIpc) is 1.54. The zero-order chi connectivity index (χ0) is 10.7. The van der Waals surface area contributed by atoms with Crippen molar-refractivity contribution in [1.82, 2.24) is 0 Å². The molecule has 0 atom stereocenters. The maximum Gasteiger partial charge on any atom is 2.00 e. The summed E-state index contributed by atoms with van der Waals surface area (Å²) >= 11 is 0. The second kappa shape index (κ2) is 23.1. The first-order valence-corrected chi connectivity index (χ1v) is 2.76. The second-order valence-electron chi connectivity index (χ2n) is 1.53. The molecule has 0 heterocycles. The van der Waals surface area contributed by atoms with Gasteiger partial charge in [-0.3, -0.25) is 9.59 Å². The smallest absolute Gasteiger partial charge is 1.00 e.